The van der Waals surface area contributed by atoms with Gasteiger partial charge >= 0.3 is 0 Å². The molecule has 1 aromatic heterocycles. The zero-order chi connectivity index (χ0) is 16.9. The van der Waals surface area contributed by atoms with Crippen molar-refractivity contribution in [2.45, 2.75) is 6.54 Å². The molecule has 1 heterocycles. The molecule has 24 heavy (non-hydrogen) atoms. The van der Waals surface area contributed by atoms with Gasteiger partial charge in [-0.1, -0.05) is 28.6 Å². The number of carbonyl (C=O) groups excluding carboxylic acids is 1. The van der Waals surface area contributed by atoms with E-state index in [-0.39, 0.29) is 12.5 Å². The standard InChI is InChI=1S/C16H15ClN4O3/c1-23-13-4-2-3-11(7-13)9-18-16(22)10-24-21-15-8-12(17)5-6-14(15)19-20-21/h2-8H,9-10H2,1H3,(H,18,22). The Morgan fingerprint density at radius 1 is 1.29 bits per heavy atom. The molecule has 0 atom stereocenters. The zero-order valence-electron chi connectivity index (χ0n) is 12.9. The van der Waals surface area contributed by atoms with Gasteiger partial charge in [0, 0.05) is 11.6 Å². The Labute approximate surface area is 143 Å². The van der Waals surface area contributed by atoms with Crippen LogP contribution in [0.15, 0.2) is 42.5 Å². The van der Waals surface area contributed by atoms with Crippen LogP contribution in [0.5, 0.6) is 5.75 Å². The minimum Gasteiger partial charge on any atom is -0.497 e. The molecular formula is C16H15ClN4O3. The molecule has 0 spiro atoms. The van der Waals surface area contributed by atoms with Gasteiger partial charge in [0.05, 0.1) is 7.11 Å². The summed E-state index contributed by atoms with van der Waals surface area (Å²) >= 11 is 5.94. The quantitative estimate of drug-likeness (QED) is 0.736. The predicted octanol–water partition coefficient (Wildman–Crippen LogP) is 1.84. The molecular weight excluding hydrogens is 332 g/mol. The topological polar surface area (TPSA) is 78.3 Å². The number of rotatable bonds is 6. The number of hydrogen-bond acceptors (Lipinski definition) is 5. The first kappa shape index (κ1) is 16.1. The third-order valence-corrected chi connectivity index (χ3v) is 3.55. The van der Waals surface area contributed by atoms with Crippen LogP contribution in [0.4, 0.5) is 0 Å². The summed E-state index contributed by atoms with van der Waals surface area (Å²) in [7, 11) is 1.60. The first-order valence-corrected chi connectivity index (χ1v) is 7.57. The first-order valence-electron chi connectivity index (χ1n) is 7.19. The lowest BCUT2D eigenvalue weighted by Crippen LogP contribution is -2.31. The molecule has 0 radical (unpaired) electrons. The number of hydrogen-bond donors (Lipinski definition) is 1. The Bertz CT molecular complexity index is 865. The van der Waals surface area contributed by atoms with Crippen LogP contribution < -0.4 is 14.9 Å². The molecule has 1 amide bonds. The number of methoxy groups -OCH3 is 1. The highest BCUT2D eigenvalue weighted by atomic mass is 35.5. The maximum atomic E-state index is 11.9. The van der Waals surface area contributed by atoms with Gasteiger partial charge in [-0.05, 0) is 41.1 Å². The second-order valence-electron chi connectivity index (χ2n) is 5.00. The second kappa shape index (κ2) is 7.18. The van der Waals surface area contributed by atoms with Crippen LogP contribution >= 0.6 is 11.6 Å². The van der Waals surface area contributed by atoms with Crippen molar-refractivity contribution in [3.63, 3.8) is 0 Å². The molecule has 1 N–H and O–H groups in total. The fourth-order valence-corrected chi connectivity index (χ4v) is 2.29. The van der Waals surface area contributed by atoms with E-state index in [9.17, 15) is 4.79 Å². The van der Waals surface area contributed by atoms with Crippen molar-refractivity contribution in [1.82, 2.24) is 20.5 Å². The number of aromatic nitrogens is 3. The van der Waals surface area contributed by atoms with Gasteiger partial charge in [-0.2, -0.15) is 0 Å². The molecule has 0 bridgehead atoms. The minimum atomic E-state index is -0.275. The van der Waals surface area contributed by atoms with Gasteiger partial charge in [0.15, 0.2) is 6.61 Å². The lowest BCUT2D eigenvalue weighted by atomic mass is 10.2. The SMILES string of the molecule is COc1cccc(CNC(=O)COn2nnc3ccc(Cl)cc32)c1. The van der Waals surface area contributed by atoms with E-state index in [1.807, 2.05) is 24.3 Å². The summed E-state index contributed by atoms with van der Waals surface area (Å²) in [6, 6.07) is 12.6. The Morgan fingerprint density at radius 3 is 3.00 bits per heavy atom. The van der Waals surface area contributed by atoms with Gasteiger partial charge in [-0.25, -0.2) is 0 Å². The van der Waals surface area contributed by atoms with Crippen molar-refractivity contribution in [2.24, 2.45) is 0 Å². The van der Waals surface area contributed by atoms with E-state index in [1.54, 1.807) is 25.3 Å². The highest BCUT2D eigenvalue weighted by Gasteiger charge is 2.08. The summed E-state index contributed by atoms with van der Waals surface area (Å²) in [6.45, 7) is 0.193. The summed E-state index contributed by atoms with van der Waals surface area (Å²) in [6.07, 6.45) is 0. The third-order valence-electron chi connectivity index (χ3n) is 3.32. The van der Waals surface area contributed by atoms with E-state index in [1.165, 1.54) is 4.85 Å². The average molecular weight is 347 g/mol. The summed E-state index contributed by atoms with van der Waals surface area (Å²) in [5, 5.41) is 11.1. The van der Waals surface area contributed by atoms with E-state index < -0.39 is 0 Å². The van der Waals surface area contributed by atoms with Crippen molar-refractivity contribution in [2.75, 3.05) is 13.7 Å². The van der Waals surface area contributed by atoms with Gasteiger partial charge in [0.1, 0.15) is 16.8 Å². The molecule has 0 fully saturated rings. The first-order chi connectivity index (χ1) is 11.7. The van der Waals surface area contributed by atoms with Crippen LogP contribution in [0.3, 0.4) is 0 Å². The van der Waals surface area contributed by atoms with Crippen molar-refractivity contribution < 1.29 is 14.4 Å². The molecule has 7 nitrogen and oxygen atoms in total. The monoisotopic (exact) mass is 346 g/mol. The molecule has 3 rings (SSSR count). The van der Waals surface area contributed by atoms with Crippen LogP contribution in [0, 0.1) is 0 Å². The molecule has 124 valence electrons. The zero-order valence-corrected chi connectivity index (χ0v) is 13.7. The lowest BCUT2D eigenvalue weighted by molar-refractivity contribution is -0.126. The molecule has 0 aliphatic carbocycles. The number of benzene rings is 2. The van der Waals surface area contributed by atoms with Crippen molar-refractivity contribution in [3.8, 4) is 5.75 Å². The second-order valence-corrected chi connectivity index (χ2v) is 5.43. The van der Waals surface area contributed by atoms with E-state index in [0.717, 1.165) is 11.3 Å². The Morgan fingerprint density at radius 2 is 2.17 bits per heavy atom. The van der Waals surface area contributed by atoms with Gasteiger partial charge in [-0.3, -0.25) is 4.79 Å². The molecule has 2 aromatic carbocycles. The van der Waals surface area contributed by atoms with E-state index in [2.05, 4.69) is 15.6 Å². The largest absolute Gasteiger partial charge is 0.497 e. The number of ether oxygens (including phenoxy) is 1. The van der Waals surface area contributed by atoms with Crippen molar-refractivity contribution in [1.29, 1.82) is 0 Å². The molecule has 0 unspecified atom stereocenters. The maximum Gasteiger partial charge on any atom is 0.261 e. The highest BCUT2D eigenvalue weighted by Crippen LogP contribution is 2.16. The Balaban J connectivity index is 1.56. The number of amides is 1. The van der Waals surface area contributed by atoms with E-state index >= 15 is 0 Å². The third kappa shape index (κ3) is 3.75. The summed E-state index contributed by atoms with van der Waals surface area (Å²) in [4.78, 5) is 18.5. The smallest absolute Gasteiger partial charge is 0.261 e. The van der Waals surface area contributed by atoms with Crippen LogP contribution in [0.2, 0.25) is 5.02 Å². The normalized spacial score (nSPS) is 10.6. The Hall–Kier alpha value is -2.80. The van der Waals surface area contributed by atoms with Crippen molar-refractivity contribution >= 4 is 28.5 Å². The molecule has 0 saturated heterocycles. The van der Waals surface area contributed by atoms with E-state index in [4.69, 9.17) is 21.2 Å². The van der Waals surface area contributed by atoms with Crippen LogP contribution in [0.1, 0.15) is 5.56 Å². The number of fused-ring (bicyclic) bond motifs is 1. The fourth-order valence-electron chi connectivity index (χ4n) is 2.12. The van der Waals surface area contributed by atoms with Gasteiger partial charge < -0.3 is 14.9 Å². The number of nitrogens with zero attached hydrogens (tertiary/aromatic N) is 3. The van der Waals surface area contributed by atoms with Gasteiger partial charge in [-0.15, -0.1) is 5.10 Å². The van der Waals surface area contributed by atoms with Crippen LogP contribution in [-0.4, -0.2) is 34.8 Å². The summed E-state index contributed by atoms with van der Waals surface area (Å²) in [5.74, 6) is 0.465. The highest BCUT2D eigenvalue weighted by molar-refractivity contribution is 6.31. The lowest BCUT2D eigenvalue weighted by Gasteiger charge is -2.08. The molecule has 0 saturated carbocycles. The number of carbonyl (C=O) groups is 1. The number of nitrogens with one attached hydrogen (secondary N) is 1. The molecule has 3 aromatic rings. The predicted molar refractivity (Wildman–Crippen MR) is 88.8 cm³/mol. The summed E-state index contributed by atoms with van der Waals surface area (Å²) < 4.78 is 5.14. The molecule has 0 aliphatic heterocycles. The van der Waals surface area contributed by atoms with Crippen LogP contribution in [-0.2, 0) is 11.3 Å². The van der Waals surface area contributed by atoms with Gasteiger partial charge in [0.25, 0.3) is 5.91 Å². The van der Waals surface area contributed by atoms with Gasteiger partial charge in [0.2, 0.25) is 0 Å². The summed E-state index contributed by atoms with van der Waals surface area (Å²) in [5.41, 5.74) is 2.17. The van der Waals surface area contributed by atoms with E-state index in [0.29, 0.717) is 22.6 Å². The molecule has 8 heteroatoms. The maximum absolute atomic E-state index is 11.9. The number of halogens is 1. The van der Waals surface area contributed by atoms with Crippen LogP contribution in [0.25, 0.3) is 11.0 Å². The fraction of sp³-hybridized carbons (Fsp3) is 0.188. The average Bonchev–Trinajstić information content (AvgIpc) is 3.00. The minimum absolute atomic E-state index is 0.186. The molecule has 0 aliphatic rings. The Kier molecular flexibility index (Phi) is 4.81. The van der Waals surface area contributed by atoms with Crippen molar-refractivity contribution in [3.05, 3.63) is 53.1 Å².